The lowest BCUT2D eigenvalue weighted by Crippen LogP contribution is -2.36. The van der Waals surface area contributed by atoms with Crippen LogP contribution < -0.4 is 10.6 Å². The Morgan fingerprint density at radius 3 is 2.78 bits per heavy atom. The minimum Gasteiger partial charge on any atom is -0.338 e. The molecule has 3 heterocycles. The Labute approximate surface area is 168 Å². The highest BCUT2D eigenvalue weighted by atomic mass is 35.5. The number of amides is 2. The summed E-state index contributed by atoms with van der Waals surface area (Å²) in [5, 5.41) is 15.0. The largest absolute Gasteiger partial charge is 0.338 e. The van der Waals surface area contributed by atoms with E-state index in [1.807, 2.05) is 39.5 Å². The van der Waals surface area contributed by atoms with Crippen molar-refractivity contribution in [1.82, 2.24) is 25.2 Å². The fraction of sp³-hybridized carbons (Fsp3) is 0.167. The van der Waals surface area contributed by atoms with Gasteiger partial charge in [0.25, 0.3) is 0 Å². The van der Waals surface area contributed by atoms with Crippen LogP contribution in [0.4, 0.5) is 4.79 Å². The summed E-state index contributed by atoms with van der Waals surface area (Å²) >= 11 is 9.03. The Morgan fingerprint density at radius 1 is 1.15 bits per heavy atom. The summed E-state index contributed by atoms with van der Waals surface area (Å²) in [7, 11) is 0. The summed E-state index contributed by atoms with van der Waals surface area (Å²) in [6.45, 7) is 0.978. The molecule has 0 aliphatic carbocycles. The Bertz CT molecular complexity index is 1040. The highest BCUT2D eigenvalue weighted by Gasteiger charge is 2.12. The van der Waals surface area contributed by atoms with Crippen molar-refractivity contribution in [3.63, 3.8) is 0 Å². The maximum atomic E-state index is 12.0. The minimum atomic E-state index is -0.200. The van der Waals surface area contributed by atoms with Gasteiger partial charge in [0.1, 0.15) is 0 Å². The van der Waals surface area contributed by atoms with Crippen molar-refractivity contribution >= 4 is 45.3 Å². The molecule has 4 rings (SSSR count). The zero-order chi connectivity index (χ0) is 18.6. The fourth-order valence-corrected chi connectivity index (χ4v) is 4.19. The van der Waals surface area contributed by atoms with Crippen LogP contribution >= 0.6 is 34.3 Å². The van der Waals surface area contributed by atoms with Crippen molar-refractivity contribution in [2.75, 3.05) is 6.54 Å². The standard InChI is InChI=1S/C18H16ClN5OS2/c19-13-5-3-12(4-6-13)10-21-17(25)20-8-7-14-11-27-18-22-16(23-24(14)18)15-2-1-9-26-15/h1-6,9,11H,7-8,10H2,(H2,20,21,25). The minimum absolute atomic E-state index is 0.200. The Balaban J connectivity index is 1.29. The molecule has 0 atom stereocenters. The molecule has 27 heavy (non-hydrogen) atoms. The molecule has 9 heteroatoms. The van der Waals surface area contributed by atoms with Crippen LogP contribution in [-0.2, 0) is 13.0 Å². The van der Waals surface area contributed by atoms with Crippen LogP contribution in [0.25, 0.3) is 15.7 Å². The van der Waals surface area contributed by atoms with Crippen LogP contribution in [0.2, 0.25) is 5.02 Å². The van der Waals surface area contributed by atoms with E-state index >= 15 is 0 Å². The third-order valence-electron chi connectivity index (χ3n) is 3.92. The predicted molar refractivity (Wildman–Crippen MR) is 110 cm³/mol. The van der Waals surface area contributed by atoms with Gasteiger partial charge in [0.15, 0.2) is 5.82 Å². The van der Waals surface area contributed by atoms with Crippen molar-refractivity contribution < 1.29 is 4.79 Å². The maximum Gasteiger partial charge on any atom is 0.315 e. The lowest BCUT2D eigenvalue weighted by molar-refractivity contribution is 0.240. The molecule has 138 valence electrons. The molecule has 2 amide bonds. The number of thiazole rings is 1. The monoisotopic (exact) mass is 417 g/mol. The van der Waals surface area contributed by atoms with E-state index in [2.05, 4.69) is 20.7 Å². The molecule has 3 aromatic heterocycles. The van der Waals surface area contributed by atoms with E-state index in [1.54, 1.807) is 34.8 Å². The molecule has 4 aromatic rings. The number of thiophene rings is 1. The Hall–Kier alpha value is -2.42. The molecule has 0 radical (unpaired) electrons. The molecular weight excluding hydrogens is 402 g/mol. The smallest absolute Gasteiger partial charge is 0.315 e. The molecule has 0 spiro atoms. The maximum absolute atomic E-state index is 12.0. The number of benzene rings is 1. The van der Waals surface area contributed by atoms with Gasteiger partial charge < -0.3 is 10.6 Å². The van der Waals surface area contributed by atoms with Crippen molar-refractivity contribution in [1.29, 1.82) is 0 Å². The first-order valence-electron chi connectivity index (χ1n) is 8.32. The van der Waals surface area contributed by atoms with Crippen LogP contribution in [0.3, 0.4) is 0 Å². The van der Waals surface area contributed by atoms with E-state index in [0.29, 0.717) is 24.5 Å². The second-order valence-electron chi connectivity index (χ2n) is 5.82. The average Bonchev–Trinajstić information content (AvgIpc) is 3.39. The number of aromatic nitrogens is 3. The second-order valence-corrected chi connectivity index (χ2v) is 8.04. The fourth-order valence-electron chi connectivity index (χ4n) is 2.56. The highest BCUT2D eigenvalue weighted by Crippen LogP contribution is 2.24. The quantitative estimate of drug-likeness (QED) is 0.493. The number of rotatable bonds is 6. The number of carbonyl (C=O) groups excluding carboxylic acids is 1. The zero-order valence-electron chi connectivity index (χ0n) is 14.2. The number of nitrogens with zero attached hydrogens (tertiary/aromatic N) is 3. The van der Waals surface area contributed by atoms with Crippen molar-refractivity contribution in [3.8, 4) is 10.7 Å². The highest BCUT2D eigenvalue weighted by molar-refractivity contribution is 7.15. The van der Waals surface area contributed by atoms with Crippen LogP contribution in [-0.4, -0.2) is 27.2 Å². The molecule has 0 aliphatic rings. The number of nitrogens with one attached hydrogen (secondary N) is 2. The molecule has 1 aromatic carbocycles. The van der Waals surface area contributed by atoms with E-state index < -0.39 is 0 Å². The van der Waals surface area contributed by atoms with Crippen LogP contribution in [0, 0.1) is 0 Å². The lowest BCUT2D eigenvalue weighted by atomic mass is 10.2. The Kier molecular flexibility index (Phi) is 5.38. The van der Waals surface area contributed by atoms with Gasteiger partial charge in [-0.2, -0.15) is 4.98 Å². The molecule has 0 fully saturated rings. The first-order chi connectivity index (χ1) is 13.2. The van der Waals surface area contributed by atoms with Gasteiger partial charge in [0, 0.05) is 29.9 Å². The van der Waals surface area contributed by atoms with E-state index in [-0.39, 0.29) is 6.03 Å². The SMILES string of the molecule is O=C(NCCc1csc2nc(-c3cccs3)nn12)NCc1ccc(Cl)cc1. The molecule has 0 unspecified atom stereocenters. The first kappa shape index (κ1) is 18.0. The van der Waals surface area contributed by atoms with Gasteiger partial charge in [-0.25, -0.2) is 9.31 Å². The van der Waals surface area contributed by atoms with Gasteiger partial charge in [0.2, 0.25) is 4.96 Å². The van der Waals surface area contributed by atoms with Gasteiger partial charge in [-0.3, -0.25) is 0 Å². The predicted octanol–water partition coefficient (Wildman–Crippen LogP) is 4.21. The molecule has 6 nitrogen and oxygen atoms in total. The summed E-state index contributed by atoms with van der Waals surface area (Å²) in [4.78, 5) is 18.4. The van der Waals surface area contributed by atoms with Crippen molar-refractivity contribution in [2.45, 2.75) is 13.0 Å². The molecule has 2 N–H and O–H groups in total. The summed E-state index contributed by atoms with van der Waals surface area (Å²) in [5.41, 5.74) is 2.03. The summed E-state index contributed by atoms with van der Waals surface area (Å²) in [6, 6.07) is 11.2. The number of hydrogen-bond donors (Lipinski definition) is 2. The van der Waals surface area contributed by atoms with Gasteiger partial charge in [-0.05, 0) is 29.1 Å². The van der Waals surface area contributed by atoms with Crippen LogP contribution in [0.15, 0.2) is 47.2 Å². The first-order valence-corrected chi connectivity index (χ1v) is 10.5. The van der Waals surface area contributed by atoms with Crippen LogP contribution in [0.1, 0.15) is 11.3 Å². The lowest BCUT2D eigenvalue weighted by Gasteiger charge is -2.07. The number of carbonyl (C=O) groups is 1. The van der Waals surface area contributed by atoms with Gasteiger partial charge in [-0.1, -0.05) is 29.8 Å². The van der Waals surface area contributed by atoms with Crippen molar-refractivity contribution in [3.05, 3.63) is 63.4 Å². The summed E-state index contributed by atoms with van der Waals surface area (Å²) in [5.74, 6) is 0.742. The Morgan fingerprint density at radius 2 is 2.00 bits per heavy atom. The summed E-state index contributed by atoms with van der Waals surface area (Å²) < 4.78 is 1.85. The second kappa shape index (κ2) is 8.08. The summed E-state index contributed by atoms with van der Waals surface area (Å²) in [6.07, 6.45) is 0.682. The molecular formula is C18H16ClN5OS2. The van der Waals surface area contributed by atoms with Crippen molar-refractivity contribution in [2.24, 2.45) is 0 Å². The van der Waals surface area contributed by atoms with Crippen LogP contribution in [0.5, 0.6) is 0 Å². The van der Waals surface area contributed by atoms with E-state index in [0.717, 1.165) is 26.9 Å². The third-order valence-corrected chi connectivity index (χ3v) is 5.91. The average molecular weight is 418 g/mol. The number of fused-ring (bicyclic) bond motifs is 1. The van der Waals surface area contributed by atoms with Gasteiger partial charge in [-0.15, -0.1) is 27.8 Å². The van der Waals surface area contributed by atoms with Gasteiger partial charge in [0.05, 0.1) is 10.6 Å². The third kappa shape index (κ3) is 4.29. The zero-order valence-corrected chi connectivity index (χ0v) is 16.6. The van der Waals surface area contributed by atoms with E-state index in [4.69, 9.17) is 11.6 Å². The van der Waals surface area contributed by atoms with E-state index in [9.17, 15) is 4.79 Å². The normalized spacial score (nSPS) is 11.0. The molecule has 0 bridgehead atoms. The number of urea groups is 1. The van der Waals surface area contributed by atoms with Gasteiger partial charge >= 0.3 is 6.03 Å². The number of hydrogen-bond acceptors (Lipinski definition) is 5. The molecule has 0 aliphatic heterocycles. The van der Waals surface area contributed by atoms with E-state index in [1.165, 1.54) is 0 Å². The molecule has 0 saturated heterocycles. The molecule has 0 saturated carbocycles. The number of halogens is 1. The topological polar surface area (TPSA) is 71.3 Å².